The van der Waals surface area contributed by atoms with Crippen LogP contribution in [0, 0.1) is 5.92 Å². The topological polar surface area (TPSA) is 37.0 Å². The first-order valence-corrected chi connectivity index (χ1v) is 9.11. The molecule has 1 saturated heterocycles. The molecule has 4 atom stereocenters. The van der Waals surface area contributed by atoms with Crippen molar-refractivity contribution in [3.63, 3.8) is 0 Å². The van der Waals surface area contributed by atoms with Gasteiger partial charge in [0.25, 0.3) is 0 Å². The van der Waals surface area contributed by atoms with Gasteiger partial charge in [0.15, 0.2) is 0 Å². The lowest BCUT2D eigenvalue weighted by Gasteiger charge is -2.40. The normalized spacial score (nSPS) is 33.0. The third kappa shape index (κ3) is 3.41. The van der Waals surface area contributed by atoms with E-state index in [2.05, 4.69) is 27.9 Å². The van der Waals surface area contributed by atoms with E-state index in [0.29, 0.717) is 12.1 Å². The van der Waals surface area contributed by atoms with Crippen molar-refractivity contribution in [3.05, 3.63) is 16.6 Å². The summed E-state index contributed by atoms with van der Waals surface area (Å²) >= 11 is 1.77. The minimum absolute atomic E-state index is 0.393. The van der Waals surface area contributed by atoms with Crippen LogP contribution in [0.25, 0.3) is 0 Å². The van der Waals surface area contributed by atoms with E-state index < -0.39 is 0 Å². The fraction of sp³-hybridized carbons (Fsp3) is 0.812. The minimum atomic E-state index is 0.393. The van der Waals surface area contributed by atoms with E-state index in [1.165, 1.54) is 56.5 Å². The Labute approximate surface area is 126 Å². The highest BCUT2D eigenvalue weighted by Crippen LogP contribution is 2.32. The standard InChI is InChI=1S/C16H27N3S/c1-12(16-18-10-11-20-16)19-15-8-3-2-6-13(15)14-7-4-5-9-17-14/h10-15,17,19H,2-9H2,1H3. The fourth-order valence-electron chi connectivity index (χ4n) is 3.93. The number of hydrogen-bond acceptors (Lipinski definition) is 4. The average molecular weight is 293 g/mol. The number of piperidine rings is 1. The van der Waals surface area contributed by atoms with Crippen molar-refractivity contribution >= 4 is 11.3 Å². The molecule has 1 aliphatic carbocycles. The van der Waals surface area contributed by atoms with Crippen molar-refractivity contribution in [3.8, 4) is 0 Å². The Kier molecular flexibility index (Phi) is 5.08. The summed E-state index contributed by atoms with van der Waals surface area (Å²) in [4.78, 5) is 4.46. The molecule has 1 aromatic rings. The maximum atomic E-state index is 4.46. The zero-order valence-electron chi connectivity index (χ0n) is 12.5. The zero-order chi connectivity index (χ0) is 13.8. The number of aromatic nitrogens is 1. The molecule has 0 radical (unpaired) electrons. The summed E-state index contributed by atoms with van der Waals surface area (Å²) in [6.07, 6.45) is 11.6. The van der Waals surface area contributed by atoms with Gasteiger partial charge in [0.1, 0.15) is 5.01 Å². The molecule has 4 heteroatoms. The Bertz CT molecular complexity index is 386. The van der Waals surface area contributed by atoms with Crippen LogP contribution < -0.4 is 10.6 Å². The summed E-state index contributed by atoms with van der Waals surface area (Å²) in [5.74, 6) is 0.812. The predicted octanol–water partition coefficient (Wildman–Crippen LogP) is 3.49. The van der Waals surface area contributed by atoms with Crippen LogP contribution in [0.5, 0.6) is 0 Å². The second-order valence-corrected chi connectivity index (χ2v) is 7.30. The van der Waals surface area contributed by atoms with Gasteiger partial charge in [0.2, 0.25) is 0 Å². The molecule has 2 aliphatic rings. The zero-order valence-corrected chi connectivity index (χ0v) is 13.3. The van der Waals surface area contributed by atoms with E-state index in [-0.39, 0.29) is 0 Å². The predicted molar refractivity (Wildman–Crippen MR) is 85.1 cm³/mol. The molecule has 2 heterocycles. The van der Waals surface area contributed by atoms with Gasteiger partial charge in [0.05, 0.1) is 6.04 Å². The number of rotatable bonds is 4. The van der Waals surface area contributed by atoms with Gasteiger partial charge >= 0.3 is 0 Å². The molecule has 3 rings (SSSR count). The number of hydrogen-bond donors (Lipinski definition) is 2. The van der Waals surface area contributed by atoms with Crippen LogP contribution in [0.1, 0.15) is 62.9 Å². The highest BCUT2D eigenvalue weighted by molar-refractivity contribution is 7.09. The highest BCUT2D eigenvalue weighted by Gasteiger charge is 2.33. The van der Waals surface area contributed by atoms with Gasteiger partial charge in [-0.05, 0) is 45.1 Å². The van der Waals surface area contributed by atoms with Gasteiger partial charge in [-0.15, -0.1) is 11.3 Å². The second-order valence-electron chi connectivity index (χ2n) is 6.37. The van der Waals surface area contributed by atoms with E-state index in [0.717, 1.165) is 12.0 Å². The lowest BCUT2D eigenvalue weighted by atomic mass is 9.77. The Morgan fingerprint density at radius 3 is 2.85 bits per heavy atom. The molecule has 2 N–H and O–H groups in total. The minimum Gasteiger partial charge on any atom is -0.314 e. The van der Waals surface area contributed by atoms with E-state index in [4.69, 9.17) is 0 Å². The van der Waals surface area contributed by atoms with E-state index in [1.807, 2.05) is 6.20 Å². The van der Waals surface area contributed by atoms with Gasteiger partial charge in [0, 0.05) is 23.7 Å². The first kappa shape index (κ1) is 14.5. The van der Waals surface area contributed by atoms with Crippen molar-refractivity contribution in [2.24, 2.45) is 5.92 Å². The van der Waals surface area contributed by atoms with Crippen molar-refractivity contribution in [1.82, 2.24) is 15.6 Å². The molecule has 112 valence electrons. The molecule has 0 bridgehead atoms. The lowest BCUT2D eigenvalue weighted by molar-refractivity contribution is 0.173. The monoisotopic (exact) mass is 293 g/mol. The van der Waals surface area contributed by atoms with Crippen molar-refractivity contribution in [1.29, 1.82) is 0 Å². The summed E-state index contributed by atoms with van der Waals surface area (Å²) in [6.45, 7) is 3.48. The molecule has 0 aromatic carbocycles. The van der Waals surface area contributed by atoms with Crippen LogP contribution >= 0.6 is 11.3 Å². The van der Waals surface area contributed by atoms with E-state index in [9.17, 15) is 0 Å². The molecule has 2 fully saturated rings. The maximum absolute atomic E-state index is 4.46. The van der Waals surface area contributed by atoms with Crippen LogP contribution in [0.4, 0.5) is 0 Å². The molecule has 4 unspecified atom stereocenters. The van der Waals surface area contributed by atoms with E-state index >= 15 is 0 Å². The highest BCUT2D eigenvalue weighted by atomic mass is 32.1. The smallest absolute Gasteiger partial charge is 0.109 e. The number of nitrogens with one attached hydrogen (secondary N) is 2. The molecular formula is C16H27N3S. The van der Waals surface area contributed by atoms with Gasteiger partial charge in [-0.3, -0.25) is 0 Å². The first-order chi connectivity index (χ1) is 9.84. The van der Waals surface area contributed by atoms with Crippen LogP contribution in [-0.2, 0) is 0 Å². The van der Waals surface area contributed by atoms with Crippen molar-refractivity contribution in [2.45, 2.75) is 70.0 Å². The third-order valence-electron chi connectivity index (χ3n) is 4.97. The maximum Gasteiger partial charge on any atom is 0.109 e. The van der Waals surface area contributed by atoms with Gasteiger partial charge in [-0.25, -0.2) is 4.98 Å². The molecular weight excluding hydrogens is 266 g/mol. The van der Waals surface area contributed by atoms with Crippen LogP contribution in [0.3, 0.4) is 0 Å². The number of thiazole rings is 1. The fourth-order valence-corrected chi connectivity index (χ4v) is 4.59. The Morgan fingerprint density at radius 1 is 1.25 bits per heavy atom. The first-order valence-electron chi connectivity index (χ1n) is 8.23. The molecule has 1 aromatic heterocycles. The molecule has 3 nitrogen and oxygen atoms in total. The van der Waals surface area contributed by atoms with Gasteiger partial charge in [-0.2, -0.15) is 0 Å². The summed E-state index contributed by atoms with van der Waals surface area (Å²) < 4.78 is 0. The Morgan fingerprint density at radius 2 is 2.10 bits per heavy atom. The molecule has 0 amide bonds. The third-order valence-corrected chi connectivity index (χ3v) is 5.93. The Balaban J connectivity index is 1.62. The average Bonchev–Trinajstić information content (AvgIpc) is 3.03. The van der Waals surface area contributed by atoms with Crippen LogP contribution in [-0.4, -0.2) is 23.6 Å². The van der Waals surface area contributed by atoms with Crippen LogP contribution in [0.15, 0.2) is 11.6 Å². The largest absolute Gasteiger partial charge is 0.314 e. The Hall–Kier alpha value is -0.450. The lowest BCUT2D eigenvalue weighted by Crippen LogP contribution is -2.50. The number of nitrogens with zero attached hydrogens (tertiary/aromatic N) is 1. The van der Waals surface area contributed by atoms with Crippen molar-refractivity contribution in [2.75, 3.05) is 6.54 Å². The second kappa shape index (κ2) is 7.01. The summed E-state index contributed by atoms with van der Waals surface area (Å²) in [7, 11) is 0. The molecule has 0 spiro atoms. The summed E-state index contributed by atoms with van der Waals surface area (Å²) in [6, 6.07) is 1.80. The molecule has 1 aliphatic heterocycles. The van der Waals surface area contributed by atoms with Gasteiger partial charge in [-0.1, -0.05) is 19.3 Å². The van der Waals surface area contributed by atoms with Crippen LogP contribution in [0.2, 0.25) is 0 Å². The molecule has 20 heavy (non-hydrogen) atoms. The molecule has 1 saturated carbocycles. The van der Waals surface area contributed by atoms with Gasteiger partial charge < -0.3 is 10.6 Å². The van der Waals surface area contributed by atoms with E-state index in [1.54, 1.807) is 11.3 Å². The summed E-state index contributed by atoms with van der Waals surface area (Å²) in [5.41, 5.74) is 0. The summed E-state index contributed by atoms with van der Waals surface area (Å²) in [5, 5.41) is 11.0. The van der Waals surface area contributed by atoms with Crippen molar-refractivity contribution < 1.29 is 0 Å². The quantitative estimate of drug-likeness (QED) is 0.892. The SMILES string of the molecule is CC(NC1CCCCC1C1CCCCN1)c1nccs1.